The number of fused-ring (bicyclic) bond motifs is 1. The van der Waals surface area contributed by atoms with E-state index in [2.05, 4.69) is 10.1 Å². The lowest BCUT2D eigenvalue weighted by molar-refractivity contribution is -0.141. The number of hydrogen-bond donors (Lipinski definition) is 0. The van der Waals surface area contributed by atoms with Gasteiger partial charge in [0.25, 0.3) is 5.91 Å². The van der Waals surface area contributed by atoms with Gasteiger partial charge < -0.3 is 4.90 Å². The number of piperazine rings is 1. The average molecular weight is 578 g/mol. The summed E-state index contributed by atoms with van der Waals surface area (Å²) in [5, 5.41) is 4.08. The van der Waals surface area contributed by atoms with Gasteiger partial charge in [0, 0.05) is 37.1 Å². The molecule has 1 saturated heterocycles. The molecule has 1 aliphatic rings. The van der Waals surface area contributed by atoms with E-state index in [1.165, 1.54) is 28.3 Å². The number of nitrogens with zero attached hydrogens (tertiary/aromatic N) is 5. The summed E-state index contributed by atoms with van der Waals surface area (Å²) in [4.78, 5) is 19.3. The molecule has 1 fully saturated rings. The Labute approximate surface area is 222 Å². The number of carbonyl (C=O) groups is 1. The summed E-state index contributed by atoms with van der Waals surface area (Å²) in [5.74, 6) is -0.373. The first-order chi connectivity index (χ1) is 17.1. The minimum Gasteiger partial charge on any atom is -0.336 e. The molecule has 2 aromatic heterocycles. The van der Waals surface area contributed by atoms with E-state index in [1.807, 2.05) is 0 Å². The van der Waals surface area contributed by atoms with Gasteiger partial charge in [-0.1, -0.05) is 23.2 Å². The Morgan fingerprint density at radius 3 is 2.46 bits per heavy atom. The number of alkyl halides is 3. The third-order valence-corrected chi connectivity index (χ3v) is 8.60. The van der Waals surface area contributed by atoms with E-state index in [0.29, 0.717) is 22.5 Å². The quantitative estimate of drug-likeness (QED) is 0.459. The maximum Gasteiger partial charge on any atom is 0.435 e. The van der Waals surface area contributed by atoms with Gasteiger partial charge in [0.05, 0.1) is 28.2 Å². The van der Waals surface area contributed by atoms with Crippen LogP contribution in [-0.4, -0.2) is 70.1 Å². The van der Waals surface area contributed by atoms with Crippen molar-refractivity contribution in [3.63, 3.8) is 0 Å². The molecule has 0 aliphatic carbocycles. The number of halogens is 5. The number of aryl methyl sites for hydroxylation is 2. The molecular weight excluding hydrogens is 554 g/mol. The predicted octanol–water partition coefficient (Wildman–Crippen LogP) is 4.37. The van der Waals surface area contributed by atoms with Crippen LogP contribution < -0.4 is 0 Å². The van der Waals surface area contributed by atoms with E-state index in [4.69, 9.17) is 23.2 Å². The molecule has 14 heteroatoms. The molecule has 1 amide bonds. The number of carbonyl (C=O) groups excluding carboxylic acids is 1. The van der Waals surface area contributed by atoms with Crippen LogP contribution in [0.5, 0.6) is 0 Å². The molecule has 8 nitrogen and oxygen atoms in total. The fraction of sp³-hybridized carbons (Fsp3) is 0.435. The van der Waals surface area contributed by atoms with Crippen LogP contribution in [0.25, 0.3) is 5.65 Å². The largest absolute Gasteiger partial charge is 0.435 e. The zero-order chi connectivity index (χ0) is 27.4. The molecular formula is C23H24Cl2F3N5O3S. The summed E-state index contributed by atoms with van der Waals surface area (Å²) in [7, 11) is -3.40. The average Bonchev–Trinajstić information content (AvgIpc) is 3.10. The Hall–Kier alpha value is -2.41. The van der Waals surface area contributed by atoms with E-state index in [9.17, 15) is 26.4 Å². The lowest BCUT2D eigenvalue weighted by Crippen LogP contribution is -2.55. The second kappa shape index (κ2) is 9.72. The molecule has 3 heterocycles. The first kappa shape index (κ1) is 27.6. The minimum atomic E-state index is -4.61. The fourth-order valence-corrected chi connectivity index (χ4v) is 6.23. The Kier molecular flexibility index (Phi) is 7.25. The predicted molar refractivity (Wildman–Crippen MR) is 134 cm³/mol. The third kappa shape index (κ3) is 5.29. The number of aromatic nitrogens is 3. The second-order valence-electron chi connectivity index (χ2n) is 9.13. The highest BCUT2D eigenvalue weighted by atomic mass is 35.5. The van der Waals surface area contributed by atoms with Crippen LogP contribution >= 0.6 is 23.2 Å². The first-order valence-electron chi connectivity index (χ1n) is 11.3. The fourth-order valence-electron chi connectivity index (χ4n) is 4.51. The number of amides is 1. The lowest BCUT2D eigenvalue weighted by Gasteiger charge is -2.38. The molecule has 200 valence electrons. The molecule has 1 aliphatic heterocycles. The standard InChI is InChI=1S/C23H24Cl2F3N5O3S/c1-12-9-19(23(26,27)28)30-33-14(3)18(29-21(12)33)10-16-17(24)6-5-15(20(16)25)22(34)31-7-8-32(13(2)11-31)37(4,35)36/h5-6,9,13H,7-8,10-11H2,1-4H3. The monoisotopic (exact) mass is 577 g/mol. The van der Waals surface area contributed by atoms with Gasteiger partial charge in [0.1, 0.15) is 0 Å². The van der Waals surface area contributed by atoms with Gasteiger partial charge >= 0.3 is 6.18 Å². The molecule has 1 aromatic carbocycles. The zero-order valence-electron chi connectivity index (χ0n) is 20.4. The highest BCUT2D eigenvalue weighted by molar-refractivity contribution is 7.88. The Morgan fingerprint density at radius 1 is 1.19 bits per heavy atom. The summed E-state index contributed by atoms with van der Waals surface area (Å²) < 4.78 is 66.2. The van der Waals surface area contributed by atoms with Crippen molar-refractivity contribution in [2.24, 2.45) is 0 Å². The van der Waals surface area contributed by atoms with Gasteiger partial charge in [-0.3, -0.25) is 4.79 Å². The summed E-state index contributed by atoms with van der Waals surface area (Å²) >= 11 is 13.1. The van der Waals surface area contributed by atoms with Crippen molar-refractivity contribution in [1.82, 2.24) is 23.8 Å². The molecule has 0 bridgehead atoms. The van der Waals surface area contributed by atoms with Crippen molar-refractivity contribution in [2.45, 2.75) is 39.4 Å². The van der Waals surface area contributed by atoms with E-state index >= 15 is 0 Å². The SMILES string of the molecule is Cc1cc(C(F)(F)F)nn2c(C)c(Cc3c(Cl)ccc(C(=O)N4CCN(S(C)(=O)=O)C(C)C4)c3Cl)nc12. The van der Waals surface area contributed by atoms with Crippen molar-refractivity contribution in [3.8, 4) is 0 Å². The molecule has 0 N–H and O–H groups in total. The van der Waals surface area contributed by atoms with Gasteiger partial charge in [0.2, 0.25) is 10.0 Å². The van der Waals surface area contributed by atoms with E-state index in [-0.39, 0.29) is 53.2 Å². The first-order valence-corrected chi connectivity index (χ1v) is 13.9. The van der Waals surface area contributed by atoms with Crippen molar-refractivity contribution >= 4 is 44.8 Å². The molecule has 1 atom stereocenters. The molecule has 1 unspecified atom stereocenters. The molecule has 0 spiro atoms. The highest BCUT2D eigenvalue weighted by Crippen LogP contribution is 2.33. The Balaban J connectivity index is 1.66. The lowest BCUT2D eigenvalue weighted by atomic mass is 10.0. The molecule has 3 aromatic rings. The third-order valence-electron chi connectivity index (χ3n) is 6.42. The molecule has 37 heavy (non-hydrogen) atoms. The van der Waals surface area contributed by atoms with Crippen LogP contribution in [0.3, 0.4) is 0 Å². The van der Waals surface area contributed by atoms with Gasteiger partial charge in [0.15, 0.2) is 11.3 Å². The summed E-state index contributed by atoms with van der Waals surface area (Å²) in [6.07, 6.45) is -3.42. The van der Waals surface area contributed by atoms with Crippen molar-refractivity contribution < 1.29 is 26.4 Å². The zero-order valence-corrected chi connectivity index (χ0v) is 22.7. The van der Waals surface area contributed by atoms with Gasteiger partial charge in [-0.05, 0) is 50.1 Å². The maximum absolute atomic E-state index is 13.3. The van der Waals surface area contributed by atoms with Crippen molar-refractivity contribution in [1.29, 1.82) is 0 Å². The topological polar surface area (TPSA) is 87.9 Å². The van der Waals surface area contributed by atoms with Gasteiger partial charge in [-0.25, -0.2) is 17.9 Å². The smallest absolute Gasteiger partial charge is 0.336 e. The van der Waals surface area contributed by atoms with Crippen LogP contribution in [-0.2, 0) is 22.6 Å². The summed E-state index contributed by atoms with van der Waals surface area (Å²) in [5.41, 5.74) is 0.946. The van der Waals surface area contributed by atoms with Crippen LogP contribution in [0.4, 0.5) is 13.2 Å². The molecule has 0 saturated carbocycles. The van der Waals surface area contributed by atoms with Crippen LogP contribution in [0.15, 0.2) is 18.2 Å². The minimum absolute atomic E-state index is 0.0625. The summed E-state index contributed by atoms with van der Waals surface area (Å²) in [6.45, 7) is 5.40. The number of hydrogen-bond acceptors (Lipinski definition) is 5. The van der Waals surface area contributed by atoms with Crippen molar-refractivity contribution in [2.75, 3.05) is 25.9 Å². The van der Waals surface area contributed by atoms with E-state index < -0.39 is 27.9 Å². The Bertz CT molecular complexity index is 1510. The number of sulfonamides is 1. The van der Waals surface area contributed by atoms with E-state index in [1.54, 1.807) is 13.8 Å². The Morgan fingerprint density at radius 2 is 1.86 bits per heavy atom. The molecule has 4 rings (SSSR count). The second-order valence-corrected chi connectivity index (χ2v) is 11.8. The van der Waals surface area contributed by atoms with Crippen LogP contribution in [0, 0.1) is 13.8 Å². The highest BCUT2D eigenvalue weighted by Gasteiger charge is 2.35. The number of rotatable bonds is 4. The number of imidazole rings is 1. The molecule has 0 radical (unpaired) electrons. The summed E-state index contributed by atoms with van der Waals surface area (Å²) in [6, 6.07) is 3.57. The van der Waals surface area contributed by atoms with Gasteiger partial charge in [-0.15, -0.1) is 0 Å². The van der Waals surface area contributed by atoms with Crippen molar-refractivity contribution in [3.05, 3.63) is 62.0 Å². The van der Waals surface area contributed by atoms with Crippen LogP contribution in [0.2, 0.25) is 10.0 Å². The maximum atomic E-state index is 13.3. The van der Waals surface area contributed by atoms with Crippen LogP contribution in [0.1, 0.15) is 45.5 Å². The number of benzene rings is 1. The van der Waals surface area contributed by atoms with E-state index in [0.717, 1.165) is 16.8 Å². The van der Waals surface area contributed by atoms with Gasteiger partial charge in [-0.2, -0.15) is 22.6 Å². The normalized spacial score (nSPS) is 17.5.